The predicted molar refractivity (Wildman–Crippen MR) is 49.4 cm³/mol. The standard InChI is InChI=1S/C10H19N/c1-9(11-2)7-8-10-5-3-4-6-10/h10-11H,1,3-8H2,2H3. The Balaban J connectivity index is 2.06. The van der Waals surface area contributed by atoms with Crippen LogP contribution in [0.1, 0.15) is 38.5 Å². The van der Waals surface area contributed by atoms with Crippen LogP contribution in [-0.2, 0) is 0 Å². The summed E-state index contributed by atoms with van der Waals surface area (Å²) in [6, 6.07) is 0. The molecule has 0 radical (unpaired) electrons. The molecule has 0 heterocycles. The van der Waals surface area contributed by atoms with Crippen LogP contribution < -0.4 is 5.32 Å². The summed E-state index contributed by atoms with van der Waals surface area (Å²) >= 11 is 0. The molecule has 0 bridgehead atoms. The second kappa shape index (κ2) is 4.42. The fourth-order valence-electron chi connectivity index (χ4n) is 1.80. The van der Waals surface area contributed by atoms with Gasteiger partial charge in [0.05, 0.1) is 0 Å². The lowest BCUT2D eigenvalue weighted by Crippen LogP contribution is -2.05. The number of hydrogen-bond acceptors (Lipinski definition) is 1. The first-order valence-electron chi connectivity index (χ1n) is 4.68. The first-order valence-corrected chi connectivity index (χ1v) is 4.68. The average molecular weight is 153 g/mol. The highest BCUT2D eigenvalue weighted by Crippen LogP contribution is 2.28. The molecule has 11 heavy (non-hydrogen) atoms. The van der Waals surface area contributed by atoms with Gasteiger partial charge in [0.25, 0.3) is 0 Å². The van der Waals surface area contributed by atoms with Gasteiger partial charge in [-0.25, -0.2) is 0 Å². The van der Waals surface area contributed by atoms with E-state index in [9.17, 15) is 0 Å². The van der Waals surface area contributed by atoms with Crippen LogP contribution in [0.25, 0.3) is 0 Å². The Kier molecular flexibility index (Phi) is 3.47. The fraction of sp³-hybridized carbons (Fsp3) is 0.800. The van der Waals surface area contributed by atoms with Crippen molar-refractivity contribution in [1.82, 2.24) is 5.32 Å². The summed E-state index contributed by atoms with van der Waals surface area (Å²) in [5.74, 6) is 1.00. The van der Waals surface area contributed by atoms with E-state index in [0.717, 1.165) is 5.92 Å². The normalized spacial score (nSPS) is 18.6. The monoisotopic (exact) mass is 153 g/mol. The average Bonchev–Trinajstić information content (AvgIpc) is 2.52. The molecule has 1 aliphatic carbocycles. The summed E-state index contributed by atoms with van der Waals surface area (Å²) in [5, 5.41) is 3.09. The van der Waals surface area contributed by atoms with E-state index in [1.54, 1.807) is 0 Å². The third-order valence-corrected chi connectivity index (χ3v) is 2.68. The smallest absolute Gasteiger partial charge is 0.00311 e. The van der Waals surface area contributed by atoms with E-state index in [0.29, 0.717) is 0 Å². The van der Waals surface area contributed by atoms with Gasteiger partial charge in [0, 0.05) is 12.7 Å². The molecule has 0 aromatic rings. The minimum absolute atomic E-state index is 1.00. The van der Waals surface area contributed by atoms with Gasteiger partial charge in [-0.1, -0.05) is 32.3 Å². The lowest BCUT2D eigenvalue weighted by Gasteiger charge is -2.09. The molecule has 0 saturated heterocycles. The fourth-order valence-corrected chi connectivity index (χ4v) is 1.80. The molecule has 0 unspecified atom stereocenters. The van der Waals surface area contributed by atoms with Crippen molar-refractivity contribution in [2.45, 2.75) is 38.5 Å². The van der Waals surface area contributed by atoms with Crippen LogP contribution in [0, 0.1) is 5.92 Å². The molecule has 1 fully saturated rings. The molecule has 0 spiro atoms. The van der Waals surface area contributed by atoms with Crippen molar-refractivity contribution in [2.24, 2.45) is 5.92 Å². The molecular weight excluding hydrogens is 134 g/mol. The highest BCUT2D eigenvalue weighted by Gasteiger charge is 2.14. The lowest BCUT2D eigenvalue weighted by molar-refractivity contribution is 0.497. The van der Waals surface area contributed by atoms with Crippen molar-refractivity contribution in [3.63, 3.8) is 0 Å². The molecule has 0 aliphatic heterocycles. The molecule has 0 amide bonds. The summed E-state index contributed by atoms with van der Waals surface area (Å²) in [7, 11) is 1.96. The van der Waals surface area contributed by atoms with E-state index < -0.39 is 0 Å². The Morgan fingerprint density at radius 3 is 2.64 bits per heavy atom. The van der Waals surface area contributed by atoms with Crippen LogP contribution in [0.15, 0.2) is 12.3 Å². The topological polar surface area (TPSA) is 12.0 Å². The van der Waals surface area contributed by atoms with Crippen LogP contribution in [0.3, 0.4) is 0 Å². The van der Waals surface area contributed by atoms with E-state index in [1.165, 1.54) is 44.2 Å². The van der Waals surface area contributed by atoms with Gasteiger partial charge >= 0.3 is 0 Å². The molecule has 1 N–H and O–H groups in total. The Hall–Kier alpha value is -0.460. The van der Waals surface area contributed by atoms with Crippen molar-refractivity contribution >= 4 is 0 Å². The Morgan fingerprint density at radius 2 is 2.09 bits per heavy atom. The minimum Gasteiger partial charge on any atom is -0.392 e. The van der Waals surface area contributed by atoms with Crippen molar-refractivity contribution in [3.8, 4) is 0 Å². The molecule has 1 heteroatoms. The van der Waals surface area contributed by atoms with Crippen molar-refractivity contribution < 1.29 is 0 Å². The van der Waals surface area contributed by atoms with E-state index in [2.05, 4.69) is 11.9 Å². The maximum atomic E-state index is 3.92. The molecule has 64 valence electrons. The van der Waals surface area contributed by atoms with Crippen molar-refractivity contribution in [3.05, 3.63) is 12.3 Å². The van der Waals surface area contributed by atoms with E-state index in [-0.39, 0.29) is 0 Å². The second-order valence-electron chi connectivity index (χ2n) is 3.54. The largest absolute Gasteiger partial charge is 0.392 e. The predicted octanol–water partition coefficient (Wildman–Crippen LogP) is 2.69. The van der Waals surface area contributed by atoms with E-state index in [1.807, 2.05) is 7.05 Å². The van der Waals surface area contributed by atoms with Gasteiger partial charge < -0.3 is 5.32 Å². The molecule has 0 aromatic heterocycles. The summed E-state index contributed by atoms with van der Waals surface area (Å²) in [6.45, 7) is 3.92. The number of rotatable bonds is 4. The summed E-state index contributed by atoms with van der Waals surface area (Å²) in [6.07, 6.45) is 8.34. The molecular formula is C10H19N. The van der Waals surface area contributed by atoms with Gasteiger partial charge in [-0.05, 0) is 18.8 Å². The van der Waals surface area contributed by atoms with Crippen molar-refractivity contribution in [2.75, 3.05) is 7.05 Å². The van der Waals surface area contributed by atoms with Gasteiger partial charge in [0.2, 0.25) is 0 Å². The third-order valence-electron chi connectivity index (χ3n) is 2.68. The molecule has 1 rings (SSSR count). The van der Waals surface area contributed by atoms with Crippen LogP contribution in [0.4, 0.5) is 0 Å². The van der Waals surface area contributed by atoms with Crippen molar-refractivity contribution in [1.29, 1.82) is 0 Å². The zero-order chi connectivity index (χ0) is 8.10. The van der Waals surface area contributed by atoms with E-state index >= 15 is 0 Å². The number of nitrogens with one attached hydrogen (secondary N) is 1. The van der Waals surface area contributed by atoms with Crippen LogP contribution >= 0.6 is 0 Å². The summed E-state index contributed by atoms with van der Waals surface area (Å²) in [4.78, 5) is 0. The minimum atomic E-state index is 1.00. The zero-order valence-corrected chi connectivity index (χ0v) is 7.53. The zero-order valence-electron chi connectivity index (χ0n) is 7.53. The lowest BCUT2D eigenvalue weighted by atomic mass is 10.0. The SMILES string of the molecule is C=C(CCC1CCCC1)NC. The van der Waals surface area contributed by atoms with E-state index in [4.69, 9.17) is 0 Å². The Bertz CT molecular complexity index is 123. The van der Waals surface area contributed by atoms with Crippen LogP contribution in [0.2, 0.25) is 0 Å². The first-order chi connectivity index (χ1) is 5.33. The van der Waals surface area contributed by atoms with Crippen LogP contribution in [0.5, 0.6) is 0 Å². The third kappa shape index (κ3) is 2.96. The molecule has 0 aromatic carbocycles. The maximum absolute atomic E-state index is 3.92. The Labute approximate surface area is 69.9 Å². The van der Waals surface area contributed by atoms with Gasteiger partial charge in [-0.3, -0.25) is 0 Å². The highest BCUT2D eigenvalue weighted by atomic mass is 14.8. The quantitative estimate of drug-likeness (QED) is 0.654. The summed E-state index contributed by atoms with van der Waals surface area (Å²) < 4.78 is 0. The number of allylic oxidation sites excluding steroid dienone is 1. The molecule has 1 aliphatic rings. The summed E-state index contributed by atoms with van der Waals surface area (Å²) in [5.41, 5.74) is 1.19. The number of hydrogen-bond donors (Lipinski definition) is 1. The highest BCUT2D eigenvalue weighted by molar-refractivity contribution is 4.89. The van der Waals surface area contributed by atoms with Crippen LogP contribution in [-0.4, -0.2) is 7.05 Å². The molecule has 1 saturated carbocycles. The molecule has 1 nitrogen and oxygen atoms in total. The van der Waals surface area contributed by atoms with Gasteiger partial charge in [0.1, 0.15) is 0 Å². The van der Waals surface area contributed by atoms with Gasteiger partial charge in [-0.15, -0.1) is 0 Å². The first kappa shape index (κ1) is 8.63. The second-order valence-corrected chi connectivity index (χ2v) is 3.54. The van der Waals surface area contributed by atoms with Gasteiger partial charge in [0.15, 0.2) is 0 Å². The molecule has 0 atom stereocenters. The van der Waals surface area contributed by atoms with Gasteiger partial charge in [-0.2, -0.15) is 0 Å². The Morgan fingerprint density at radius 1 is 1.45 bits per heavy atom. The maximum Gasteiger partial charge on any atom is 0.00311 e.